The van der Waals surface area contributed by atoms with Crippen LogP contribution in [0.4, 0.5) is 0 Å². The first-order valence-corrected chi connectivity index (χ1v) is 11.4. The summed E-state index contributed by atoms with van der Waals surface area (Å²) in [5.74, 6) is -3.09. The van der Waals surface area contributed by atoms with Gasteiger partial charge >= 0.3 is 11.9 Å². The van der Waals surface area contributed by atoms with Gasteiger partial charge in [-0.3, -0.25) is 19.3 Å². The smallest absolute Gasteiger partial charge is 0.352 e. The molecule has 1 fully saturated rings. The van der Waals surface area contributed by atoms with Gasteiger partial charge in [0.2, 0.25) is 0 Å². The molecule has 1 aromatic rings. The summed E-state index contributed by atoms with van der Waals surface area (Å²) < 4.78 is 4.53. The number of carboxylic acid groups (broad SMARTS) is 1. The molecule has 2 aliphatic rings. The minimum absolute atomic E-state index is 0.122. The van der Waals surface area contributed by atoms with E-state index in [2.05, 4.69) is 5.32 Å². The number of carboxylic acids is 1. The normalized spacial score (nSPS) is 19.7. The lowest BCUT2D eigenvalue weighted by Gasteiger charge is -2.49. The highest BCUT2D eigenvalue weighted by atomic mass is 35.5. The van der Waals surface area contributed by atoms with Gasteiger partial charge in [-0.25, -0.2) is 4.79 Å². The molecule has 2 N–H and O–H groups in total. The molecule has 13 heteroatoms. The Morgan fingerprint density at radius 3 is 2.50 bits per heavy atom. The van der Waals surface area contributed by atoms with Crippen molar-refractivity contribution in [3.8, 4) is 0 Å². The molecule has 2 atom stereocenters. The topological polar surface area (TPSA) is 113 Å². The first-order chi connectivity index (χ1) is 15.0. The minimum atomic E-state index is -1.34. The van der Waals surface area contributed by atoms with Crippen LogP contribution in [0, 0.1) is 0 Å². The summed E-state index contributed by atoms with van der Waals surface area (Å²) in [4.78, 5) is 49.5. The molecule has 1 saturated heterocycles. The molecule has 8 nitrogen and oxygen atoms in total. The van der Waals surface area contributed by atoms with E-state index in [-0.39, 0.29) is 49.3 Å². The molecule has 0 spiro atoms. The van der Waals surface area contributed by atoms with E-state index in [1.54, 1.807) is 0 Å². The van der Waals surface area contributed by atoms with E-state index in [0.717, 1.165) is 4.90 Å². The zero-order chi connectivity index (χ0) is 23.7. The van der Waals surface area contributed by atoms with Crippen molar-refractivity contribution in [2.45, 2.75) is 18.3 Å². The fraction of sp³-hybridized carbons (Fsp3) is 0.263. The molecule has 0 radical (unpaired) electrons. The molecule has 2 heterocycles. The summed E-state index contributed by atoms with van der Waals surface area (Å²) in [6.07, 6.45) is 0. The van der Waals surface area contributed by atoms with Crippen LogP contribution in [0.1, 0.15) is 12.5 Å². The van der Waals surface area contributed by atoms with Gasteiger partial charge in [-0.05, 0) is 17.7 Å². The number of aliphatic carboxylic acids is 1. The fourth-order valence-corrected chi connectivity index (χ4v) is 5.19. The average Bonchev–Trinajstić information content (AvgIpc) is 2.71. The van der Waals surface area contributed by atoms with E-state index in [0.29, 0.717) is 0 Å². The number of hydrogen-bond acceptors (Lipinski definition) is 6. The lowest BCUT2D eigenvalue weighted by molar-refractivity contribution is -0.150. The van der Waals surface area contributed by atoms with Gasteiger partial charge in [0, 0.05) is 18.2 Å². The van der Waals surface area contributed by atoms with Crippen LogP contribution in [0.5, 0.6) is 0 Å². The van der Waals surface area contributed by atoms with Crippen molar-refractivity contribution in [1.82, 2.24) is 10.2 Å². The number of esters is 1. The number of carbonyl (C=O) groups excluding carboxylic acids is 3. The average molecular weight is 540 g/mol. The molecule has 2 aliphatic heterocycles. The van der Waals surface area contributed by atoms with Crippen LogP contribution < -0.4 is 5.32 Å². The highest BCUT2D eigenvalue weighted by molar-refractivity contribution is 8.00. The molecule has 32 heavy (non-hydrogen) atoms. The highest BCUT2D eigenvalue weighted by Crippen LogP contribution is 2.41. The van der Waals surface area contributed by atoms with Crippen molar-refractivity contribution in [2.75, 3.05) is 12.4 Å². The number of carbonyl (C=O) groups is 4. The predicted molar refractivity (Wildman–Crippen MR) is 121 cm³/mol. The van der Waals surface area contributed by atoms with Crippen molar-refractivity contribution in [2.24, 2.45) is 0 Å². The standard InChI is InChI=1S/C19H14Cl4N2O6S/c1-7(26)31-5-9-6-32-18-13(17(28)25(18)14(9)19(29)30)24-16(27)12(15(22)23)8-2-3-10(20)11(21)4-8/h2-4,13,18H,5-6H2,1H3,(H,24,27)(H,29,30)/t13?,18-/m0/s1. The summed E-state index contributed by atoms with van der Waals surface area (Å²) in [6.45, 7) is 0.949. The van der Waals surface area contributed by atoms with Gasteiger partial charge in [-0.15, -0.1) is 11.8 Å². The first kappa shape index (κ1) is 24.7. The number of nitrogens with one attached hydrogen (secondary N) is 1. The molecule has 1 aromatic carbocycles. The molecule has 1 unspecified atom stereocenters. The van der Waals surface area contributed by atoms with Gasteiger partial charge in [0.05, 0.1) is 15.6 Å². The summed E-state index contributed by atoms with van der Waals surface area (Å²) in [5, 5.41) is 11.9. The van der Waals surface area contributed by atoms with Crippen molar-refractivity contribution in [3.63, 3.8) is 0 Å². The number of nitrogens with zero attached hydrogens (tertiary/aromatic N) is 1. The lowest BCUT2D eigenvalue weighted by Crippen LogP contribution is -2.70. The van der Waals surface area contributed by atoms with Crippen molar-refractivity contribution in [1.29, 1.82) is 0 Å². The highest BCUT2D eigenvalue weighted by Gasteiger charge is 2.54. The van der Waals surface area contributed by atoms with E-state index < -0.39 is 35.2 Å². The lowest BCUT2D eigenvalue weighted by atomic mass is 10.0. The van der Waals surface area contributed by atoms with Gasteiger partial charge in [-0.1, -0.05) is 52.5 Å². The van der Waals surface area contributed by atoms with Gasteiger partial charge < -0.3 is 15.2 Å². The Balaban J connectivity index is 1.81. The number of fused-ring (bicyclic) bond motifs is 1. The fourth-order valence-electron chi connectivity index (χ4n) is 3.17. The summed E-state index contributed by atoms with van der Waals surface area (Å²) >= 11 is 24.9. The predicted octanol–water partition coefficient (Wildman–Crippen LogP) is 3.44. The molecule has 170 valence electrons. The number of benzene rings is 1. The van der Waals surface area contributed by atoms with E-state index in [1.807, 2.05) is 0 Å². The zero-order valence-corrected chi connectivity index (χ0v) is 20.0. The molecular weight excluding hydrogens is 526 g/mol. The molecular formula is C19H14Cl4N2O6S. The molecule has 0 bridgehead atoms. The molecule has 0 aromatic heterocycles. The maximum absolute atomic E-state index is 12.9. The Morgan fingerprint density at radius 2 is 1.94 bits per heavy atom. The second-order valence-electron chi connectivity index (χ2n) is 6.66. The van der Waals surface area contributed by atoms with Crippen LogP contribution in [0.2, 0.25) is 10.0 Å². The van der Waals surface area contributed by atoms with E-state index in [1.165, 1.54) is 36.9 Å². The third-order valence-electron chi connectivity index (χ3n) is 4.61. The van der Waals surface area contributed by atoms with Crippen LogP contribution in [-0.4, -0.2) is 57.5 Å². The second-order valence-corrected chi connectivity index (χ2v) is 9.53. The quantitative estimate of drug-likeness (QED) is 0.323. The number of rotatable bonds is 6. The van der Waals surface area contributed by atoms with Crippen molar-refractivity contribution >= 4 is 87.5 Å². The molecule has 0 saturated carbocycles. The Kier molecular flexibility index (Phi) is 7.67. The van der Waals surface area contributed by atoms with E-state index in [9.17, 15) is 24.3 Å². The number of β-lactam (4-membered cyclic amide) rings is 1. The van der Waals surface area contributed by atoms with Crippen molar-refractivity contribution < 1.29 is 29.0 Å². The summed E-state index contributed by atoms with van der Waals surface area (Å²) in [6, 6.07) is 3.35. The number of hydrogen-bond donors (Lipinski definition) is 2. The second kappa shape index (κ2) is 9.93. The molecule has 2 amide bonds. The number of ether oxygens (including phenoxy) is 1. The number of thioether (sulfide) groups is 1. The molecule has 0 aliphatic carbocycles. The Morgan fingerprint density at radius 1 is 1.25 bits per heavy atom. The zero-order valence-electron chi connectivity index (χ0n) is 16.2. The Bertz CT molecular complexity index is 1090. The first-order valence-electron chi connectivity index (χ1n) is 8.87. The Hall–Kier alpha value is -1.91. The maximum Gasteiger partial charge on any atom is 0.352 e. The number of amides is 2. The molecule has 3 rings (SSSR count). The van der Waals surface area contributed by atoms with Gasteiger partial charge in [0.1, 0.15) is 28.2 Å². The summed E-state index contributed by atoms with van der Waals surface area (Å²) in [5.41, 5.74) is 0.184. The third kappa shape index (κ3) is 4.87. The SMILES string of the molecule is CC(=O)OCC1=C(C(=O)O)N2C(=O)C(NC(=O)C(=C(Cl)Cl)c3ccc(Cl)c(Cl)c3)[C@@H]2SC1. The third-order valence-corrected chi connectivity index (χ3v) is 7.07. The van der Waals surface area contributed by atoms with Gasteiger partial charge in [0.15, 0.2) is 0 Å². The monoisotopic (exact) mass is 538 g/mol. The van der Waals surface area contributed by atoms with E-state index in [4.69, 9.17) is 51.1 Å². The van der Waals surface area contributed by atoms with Crippen LogP contribution in [0.25, 0.3) is 5.57 Å². The largest absolute Gasteiger partial charge is 0.477 e. The summed E-state index contributed by atoms with van der Waals surface area (Å²) in [7, 11) is 0. The van der Waals surface area contributed by atoms with Crippen LogP contribution in [0.15, 0.2) is 34.0 Å². The van der Waals surface area contributed by atoms with E-state index >= 15 is 0 Å². The van der Waals surface area contributed by atoms with Crippen LogP contribution >= 0.6 is 58.2 Å². The van der Waals surface area contributed by atoms with Gasteiger partial charge in [-0.2, -0.15) is 0 Å². The Labute approximate surface area is 206 Å². The number of halogens is 4. The maximum atomic E-state index is 12.9. The van der Waals surface area contributed by atoms with Crippen molar-refractivity contribution in [3.05, 3.63) is 49.6 Å². The minimum Gasteiger partial charge on any atom is -0.477 e. The van der Waals surface area contributed by atoms with Gasteiger partial charge in [0.25, 0.3) is 11.8 Å². The van der Waals surface area contributed by atoms with Crippen LogP contribution in [-0.2, 0) is 23.9 Å². The van der Waals surface area contributed by atoms with Crippen LogP contribution in [0.3, 0.4) is 0 Å².